The number of para-hydroxylation sites is 1. The lowest BCUT2D eigenvalue weighted by Crippen LogP contribution is -2.46. The van der Waals surface area contributed by atoms with Gasteiger partial charge in [-0.05, 0) is 55.7 Å². The van der Waals surface area contributed by atoms with Gasteiger partial charge in [-0.15, -0.1) is 0 Å². The number of ether oxygens (including phenoxy) is 1. The molecule has 138 valence electrons. The summed E-state index contributed by atoms with van der Waals surface area (Å²) in [4.78, 5) is 24.1. The second kappa shape index (κ2) is 9.55. The van der Waals surface area contributed by atoms with Crippen molar-refractivity contribution >= 4 is 11.8 Å². The molecule has 0 heterocycles. The Bertz CT molecular complexity index is 749. The van der Waals surface area contributed by atoms with Crippen LogP contribution in [0.2, 0.25) is 0 Å². The first-order chi connectivity index (χ1) is 12.5. The van der Waals surface area contributed by atoms with Crippen LogP contribution in [0.5, 0.6) is 11.5 Å². The maximum absolute atomic E-state index is 12.5. The van der Waals surface area contributed by atoms with Crippen LogP contribution in [0.3, 0.4) is 0 Å². The highest BCUT2D eigenvalue weighted by Crippen LogP contribution is 2.23. The van der Waals surface area contributed by atoms with E-state index in [4.69, 9.17) is 15.1 Å². The molecule has 1 atom stereocenters. The van der Waals surface area contributed by atoms with Gasteiger partial charge in [0.25, 0.3) is 11.8 Å². The standard InChI is InChI=1S/C19H22N2O5/c1-13-12-15(26-14-6-3-2-4-7-14)9-10-16(13)18(23)20-17(8-5-11-22)19(24)21-25/h2-4,6-7,9-10,12,17,22,25H,5,8,11H2,1H3,(H,20,23)(H,21,24)/t17-/m0/s1. The Hall–Kier alpha value is -2.90. The Kier molecular flexibility index (Phi) is 7.13. The topological polar surface area (TPSA) is 108 Å². The van der Waals surface area contributed by atoms with Gasteiger partial charge in [0, 0.05) is 12.2 Å². The number of hydrogen-bond donors (Lipinski definition) is 4. The fourth-order valence-electron chi connectivity index (χ4n) is 2.46. The largest absolute Gasteiger partial charge is 0.457 e. The molecule has 2 aromatic rings. The fraction of sp³-hybridized carbons (Fsp3) is 0.263. The summed E-state index contributed by atoms with van der Waals surface area (Å²) in [5.74, 6) is 0.108. The number of hydroxylamine groups is 1. The number of nitrogens with one attached hydrogen (secondary N) is 2. The maximum atomic E-state index is 12.5. The van der Waals surface area contributed by atoms with Crippen LogP contribution in [-0.4, -0.2) is 34.8 Å². The lowest BCUT2D eigenvalue weighted by Gasteiger charge is -2.17. The quantitative estimate of drug-likeness (QED) is 0.427. The molecule has 0 saturated carbocycles. The second-order valence-corrected chi connectivity index (χ2v) is 5.76. The minimum atomic E-state index is -0.931. The first-order valence-corrected chi connectivity index (χ1v) is 8.24. The van der Waals surface area contributed by atoms with Crippen molar-refractivity contribution in [1.29, 1.82) is 0 Å². The Morgan fingerprint density at radius 1 is 1.12 bits per heavy atom. The third kappa shape index (κ3) is 5.30. The molecule has 0 aliphatic rings. The van der Waals surface area contributed by atoms with E-state index >= 15 is 0 Å². The summed E-state index contributed by atoms with van der Waals surface area (Å²) >= 11 is 0. The van der Waals surface area contributed by atoms with E-state index in [0.717, 1.165) is 0 Å². The lowest BCUT2D eigenvalue weighted by atomic mass is 10.1. The molecule has 0 radical (unpaired) electrons. The molecule has 7 heteroatoms. The predicted octanol–water partition coefficient (Wildman–Crippen LogP) is 2.16. The first kappa shape index (κ1) is 19.4. The van der Waals surface area contributed by atoms with E-state index in [2.05, 4.69) is 5.32 Å². The zero-order chi connectivity index (χ0) is 18.9. The van der Waals surface area contributed by atoms with E-state index in [1.165, 1.54) is 5.48 Å². The van der Waals surface area contributed by atoms with E-state index in [1.54, 1.807) is 25.1 Å². The van der Waals surface area contributed by atoms with Gasteiger partial charge in [0.05, 0.1) is 0 Å². The van der Waals surface area contributed by atoms with Gasteiger partial charge in [0.15, 0.2) is 0 Å². The van der Waals surface area contributed by atoms with Gasteiger partial charge >= 0.3 is 0 Å². The average molecular weight is 358 g/mol. The van der Waals surface area contributed by atoms with Gasteiger partial charge in [0.2, 0.25) is 0 Å². The molecule has 2 aromatic carbocycles. The monoisotopic (exact) mass is 358 g/mol. The van der Waals surface area contributed by atoms with Gasteiger partial charge < -0.3 is 15.2 Å². The minimum Gasteiger partial charge on any atom is -0.457 e. The Morgan fingerprint density at radius 3 is 2.46 bits per heavy atom. The summed E-state index contributed by atoms with van der Waals surface area (Å²) in [6.45, 7) is 1.65. The van der Waals surface area contributed by atoms with E-state index in [1.807, 2.05) is 30.3 Å². The van der Waals surface area contributed by atoms with Crippen molar-refractivity contribution in [3.63, 3.8) is 0 Å². The molecule has 0 bridgehead atoms. The van der Waals surface area contributed by atoms with Crippen LogP contribution in [-0.2, 0) is 4.79 Å². The van der Waals surface area contributed by atoms with Gasteiger partial charge in [-0.1, -0.05) is 18.2 Å². The van der Waals surface area contributed by atoms with Crippen molar-refractivity contribution in [1.82, 2.24) is 10.8 Å². The molecule has 0 saturated heterocycles. The molecule has 2 rings (SSSR count). The first-order valence-electron chi connectivity index (χ1n) is 8.24. The van der Waals surface area contributed by atoms with Crippen LogP contribution in [0, 0.1) is 6.92 Å². The summed E-state index contributed by atoms with van der Waals surface area (Å²) in [6.07, 6.45) is 0.532. The van der Waals surface area contributed by atoms with Gasteiger partial charge in [-0.2, -0.15) is 0 Å². The van der Waals surface area contributed by atoms with Crippen LogP contribution in [0.1, 0.15) is 28.8 Å². The van der Waals surface area contributed by atoms with E-state index in [0.29, 0.717) is 29.0 Å². The summed E-state index contributed by atoms with van der Waals surface area (Å²) < 4.78 is 5.73. The SMILES string of the molecule is Cc1cc(Oc2ccccc2)ccc1C(=O)N[C@@H](CCCO)C(=O)NO. The smallest absolute Gasteiger partial charge is 0.265 e. The van der Waals surface area contributed by atoms with Crippen LogP contribution >= 0.6 is 0 Å². The Morgan fingerprint density at radius 2 is 1.85 bits per heavy atom. The summed E-state index contributed by atoms with van der Waals surface area (Å²) in [5.41, 5.74) is 2.60. The van der Waals surface area contributed by atoms with E-state index in [-0.39, 0.29) is 13.0 Å². The van der Waals surface area contributed by atoms with Crippen molar-refractivity contribution in [3.05, 3.63) is 59.7 Å². The highest BCUT2D eigenvalue weighted by Gasteiger charge is 2.21. The highest BCUT2D eigenvalue weighted by atomic mass is 16.5. The molecule has 26 heavy (non-hydrogen) atoms. The molecule has 0 aromatic heterocycles. The van der Waals surface area contributed by atoms with Gasteiger partial charge in [0.1, 0.15) is 17.5 Å². The third-order valence-electron chi connectivity index (χ3n) is 3.80. The van der Waals surface area contributed by atoms with E-state index < -0.39 is 17.9 Å². The maximum Gasteiger partial charge on any atom is 0.265 e. The molecule has 0 aliphatic carbocycles. The number of carbonyl (C=O) groups is 2. The number of hydrogen-bond acceptors (Lipinski definition) is 5. The molecule has 0 aliphatic heterocycles. The predicted molar refractivity (Wildman–Crippen MR) is 95.2 cm³/mol. The zero-order valence-corrected chi connectivity index (χ0v) is 14.4. The normalized spacial score (nSPS) is 11.5. The van der Waals surface area contributed by atoms with Gasteiger partial charge in [-0.25, -0.2) is 5.48 Å². The molecule has 4 N–H and O–H groups in total. The van der Waals surface area contributed by atoms with Crippen molar-refractivity contribution in [2.75, 3.05) is 6.61 Å². The van der Waals surface area contributed by atoms with Crippen molar-refractivity contribution < 1.29 is 24.6 Å². The summed E-state index contributed by atoms with van der Waals surface area (Å²) in [7, 11) is 0. The summed E-state index contributed by atoms with van der Waals surface area (Å²) in [5, 5.41) is 20.3. The van der Waals surface area contributed by atoms with Crippen LogP contribution < -0.4 is 15.5 Å². The number of aliphatic hydroxyl groups excluding tert-OH is 1. The summed E-state index contributed by atoms with van der Waals surface area (Å²) in [6, 6.07) is 13.4. The zero-order valence-electron chi connectivity index (χ0n) is 14.4. The number of carbonyl (C=O) groups excluding carboxylic acids is 2. The average Bonchev–Trinajstić information content (AvgIpc) is 2.65. The number of amides is 2. The van der Waals surface area contributed by atoms with Crippen LogP contribution in [0.15, 0.2) is 48.5 Å². The van der Waals surface area contributed by atoms with Crippen molar-refractivity contribution in [3.8, 4) is 11.5 Å². The molecular formula is C19H22N2O5. The van der Waals surface area contributed by atoms with Crippen LogP contribution in [0.25, 0.3) is 0 Å². The molecule has 7 nitrogen and oxygen atoms in total. The lowest BCUT2D eigenvalue weighted by molar-refractivity contribution is -0.131. The molecule has 0 spiro atoms. The van der Waals surface area contributed by atoms with Crippen molar-refractivity contribution in [2.24, 2.45) is 0 Å². The van der Waals surface area contributed by atoms with Crippen LogP contribution in [0.4, 0.5) is 0 Å². The molecule has 2 amide bonds. The molecule has 0 unspecified atom stereocenters. The number of benzene rings is 2. The van der Waals surface area contributed by atoms with Gasteiger partial charge in [-0.3, -0.25) is 14.8 Å². The minimum absolute atomic E-state index is 0.115. The number of aliphatic hydroxyl groups is 1. The second-order valence-electron chi connectivity index (χ2n) is 5.76. The number of rotatable bonds is 8. The molecular weight excluding hydrogens is 336 g/mol. The van der Waals surface area contributed by atoms with E-state index in [9.17, 15) is 9.59 Å². The third-order valence-corrected chi connectivity index (χ3v) is 3.80. The molecule has 0 fully saturated rings. The Labute approximate surface area is 151 Å². The Balaban J connectivity index is 2.09. The van der Waals surface area contributed by atoms with Crippen molar-refractivity contribution in [2.45, 2.75) is 25.8 Å². The number of aryl methyl sites for hydroxylation is 1. The highest BCUT2D eigenvalue weighted by molar-refractivity contribution is 5.98. The fourth-order valence-corrected chi connectivity index (χ4v) is 2.46.